The Kier molecular flexibility index (Phi) is 2.97. The van der Waals surface area contributed by atoms with E-state index in [2.05, 4.69) is 14.6 Å². The molecule has 0 aliphatic heterocycles. The second kappa shape index (κ2) is 4.58. The van der Waals surface area contributed by atoms with Crippen molar-refractivity contribution in [2.45, 2.75) is 0 Å². The fraction of sp³-hybridized carbons (Fsp3) is 0. The van der Waals surface area contributed by atoms with Gasteiger partial charge in [0.1, 0.15) is 6.20 Å². The molecule has 6 nitrogen and oxygen atoms in total. The van der Waals surface area contributed by atoms with Crippen LogP contribution in [-0.2, 0) is 0 Å². The number of hydrogen-bond acceptors (Lipinski definition) is 6. The van der Waals surface area contributed by atoms with E-state index < -0.39 is 4.92 Å². The van der Waals surface area contributed by atoms with Gasteiger partial charge >= 0.3 is 0 Å². The molecule has 0 aliphatic carbocycles. The minimum absolute atomic E-state index is 0.0209. The van der Waals surface area contributed by atoms with Gasteiger partial charge in [-0.3, -0.25) is 10.1 Å². The molecule has 0 fully saturated rings. The number of pyridine rings is 1. The van der Waals surface area contributed by atoms with Crippen LogP contribution in [0.15, 0.2) is 23.7 Å². The quantitative estimate of drug-likeness (QED) is 0.599. The Balaban J connectivity index is 2.14. The molecule has 0 amide bonds. The first-order valence-corrected chi connectivity index (χ1v) is 5.15. The summed E-state index contributed by atoms with van der Waals surface area (Å²) >= 11 is 1.26. The predicted octanol–water partition coefficient (Wildman–Crippen LogP) is 2.01. The Hall–Kier alpha value is -2.15. The van der Waals surface area contributed by atoms with Crippen molar-refractivity contribution >= 4 is 29.4 Å². The van der Waals surface area contributed by atoms with Gasteiger partial charge in [-0.05, 0) is 29.8 Å². The highest BCUT2D eigenvalue weighted by Gasteiger charge is 2.03. The van der Waals surface area contributed by atoms with Crippen LogP contribution >= 0.6 is 11.5 Å². The van der Waals surface area contributed by atoms with E-state index >= 15 is 0 Å². The third-order valence-electron chi connectivity index (χ3n) is 1.78. The van der Waals surface area contributed by atoms with Gasteiger partial charge in [0.05, 0.1) is 16.3 Å². The lowest BCUT2D eigenvalue weighted by Gasteiger charge is -1.91. The molecule has 0 N–H and O–H groups in total. The monoisotopic (exact) mass is 234 g/mol. The van der Waals surface area contributed by atoms with Crippen LogP contribution in [-0.4, -0.2) is 19.5 Å². The van der Waals surface area contributed by atoms with Crippen LogP contribution in [0.5, 0.6) is 0 Å². The number of rotatable bonds is 3. The van der Waals surface area contributed by atoms with E-state index in [1.165, 1.54) is 23.8 Å². The van der Waals surface area contributed by atoms with Gasteiger partial charge in [-0.1, -0.05) is 4.49 Å². The zero-order valence-electron chi connectivity index (χ0n) is 7.98. The average molecular weight is 234 g/mol. The van der Waals surface area contributed by atoms with E-state index in [0.717, 1.165) is 5.69 Å². The van der Waals surface area contributed by atoms with Crippen molar-refractivity contribution in [1.29, 1.82) is 0 Å². The molecule has 0 aliphatic rings. The first kappa shape index (κ1) is 10.4. The number of aromatic nitrogens is 3. The standard InChI is InChI=1S/C9H6N4O2S/c14-13(15)9-4-3-7(10-5-9)1-2-8-6-16-12-11-8/h1-6H/b2-1+. The first-order valence-electron chi connectivity index (χ1n) is 4.31. The molecule has 2 aromatic rings. The van der Waals surface area contributed by atoms with Crippen molar-refractivity contribution in [2.24, 2.45) is 0 Å². The Morgan fingerprint density at radius 1 is 1.31 bits per heavy atom. The molecule has 0 unspecified atom stereocenters. The molecule has 2 heterocycles. The first-order chi connectivity index (χ1) is 7.75. The second-order valence-corrected chi connectivity index (χ2v) is 3.47. The van der Waals surface area contributed by atoms with Crippen LogP contribution in [0.25, 0.3) is 12.2 Å². The molecule has 0 saturated carbocycles. The van der Waals surface area contributed by atoms with Gasteiger partial charge in [0.25, 0.3) is 5.69 Å². The number of hydrogen-bond donors (Lipinski definition) is 0. The van der Waals surface area contributed by atoms with E-state index in [4.69, 9.17) is 0 Å². The van der Waals surface area contributed by atoms with Gasteiger partial charge in [-0.25, -0.2) is 4.98 Å². The van der Waals surface area contributed by atoms with Crippen LogP contribution in [0.4, 0.5) is 5.69 Å². The molecule has 80 valence electrons. The topological polar surface area (TPSA) is 81.8 Å². The smallest absolute Gasteiger partial charge is 0.258 e. The van der Waals surface area contributed by atoms with E-state index in [0.29, 0.717) is 5.69 Å². The minimum Gasteiger partial charge on any atom is -0.258 e. The molecule has 2 rings (SSSR count). The summed E-state index contributed by atoms with van der Waals surface area (Å²) < 4.78 is 3.70. The van der Waals surface area contributed by atoms with Gasteiger partial charge in [0, 0.05) is 11.4 Å². The van der Waals surface area contributed by atoms with Gasteiger partial charge in [-0.15, -0.1) is 5.10 Å². The van der Waals surface area contributed by atoms with E-state index in [1.807, 2.05) is 0 Å². The van der Waals surface area contributed by atoms with Crippen LogP contribution in [0.1, 0.15) is 11.4 Å². The lowest BCUT2D eigenvalue weighted by Crippen LogP contribution is -1.89. The van der Waals surface area contributed by atoms with Crippen molar-refractivity contribution in [2.75, 3.05) is 0 Å². The zero-order chi connectivity index (χ0) is 11.4. The maximum atomic E-state index is 10.4. The second-order valence-electron chi connectivity index (χ2n) is 2.86. The highest BCUT2D eigenvalue weighted by molar-refractivity contribution is 7.03. The molecular formula is C9H6N4O2S. The number of nitrogens with zero attached hydrogens (tertiary/aromatic N) is 4. The molecular weight excluding hydrogens is 228 g/mol. The summed E-state index contributed by atoms with van der Waals surface area (Å²) in [6, 6.07) is 2.99. The summed E-state index contributed by atoms with van der Waals surface area (Å²) in [5, 5.41) is 16.0. The van der Waals surface area contributed by atoms with E-state index in [-0.39, 0.29) is 5.69 Å². The number of nitro groups is 1. The molecule has 0 aromatic carbocycles. The highest BCUT2D eigenvalue weighted by atomic mass is 32.1. The Morgan fingerprint density at radius 2 is 2.12 bits per heavy atom. The maximum Gasteiger partial charge on any atom is 0.287 e. The van der Waals surface area contributed by atoms with Crippen molar-refractivity contribution in [1.82, 2.24) is 14.6 Å². The van der Waals surface area contributed by atoms with Crippen molar-refractivity contribution in [3.63, 3.8) is 0 Å². The fourth-order valence-corrected chi connectivity index (χ4v) is 1.44. The van der Waals surface area contributed by atoms with Gasteiger partial charge in [0.15, 0.2) is 0 Å². The van der Waals surface area contributed by atoms with Crippen molar-refractivity contribution < 1.29 is 4.92 Å². The lowest BCUT2D eigenvalue weighted by molar-refractivity contribution is -0.385. The molecule has 0 bridgehead atoms. The van der Waals surface area contributed by atoms with Gasteiger partial charge < -0.3 is 0 Å². The summed E-state index contributed by atoms with van der Waals surface area (Å²) in [4.78, 5) is 13.8. The third-order valence-corrected chi connectivity index (χ3v) is 2.31. The fourth-order valence-electron chi connectivity index (χ4n) is 1.02. The molecule has 0 saturated heterocycles. The summed E-state index contributed by atoms with van der Waals surface area (Å²) in [6.45, 7) is 0. The van der Waals surface area contributed by atoms with Crippen molar-refractivity contribution in [3.8, 4) is 0 Å². The van der Waals surface area contributed by atoms with Gasteiger partial charge in [0.2, 0.25) is 0 Å². The molecule has 0 radical (unpaired) electrons. The molecule has 7 heteroatoms. The third kappa shape index (κ3) is 2.45. The highest BCUT2D eigenvalue weighted by Crippen LogP contribution is 2.10. The van der Waals surface area contributed by atoms with Crippen LogP contribution < -0.4 is 0 Å². The maximum absolute atomic E-state index is 10.4. The Labute approximate surface area is 94.6 Å². The lowest BCUT2D eigenvalue weighted by atomic mass is 10.3. The van der Waals surface area contributed by atoms with Gasteiger partial charge in [-0.2, -0.15) is 0 Å². The molecule has 16 heavy (non-hydrogen) atoms. The summed E-state index contributed by atoms with van der Waals surface area (Å²) in [5.74, 6) is 0. The largest absolute Gasteiger partial charge is 0.287 e. The predicted molar refractivity (Wildman–Crippen MR) is 59.7 cm³/mol. The average Bonchev–Trinajstić information content (AvgIpc) is 2.80. The van der Waals surface area contributed by atoms with Crippen molar-refractivity contribution in [3.05, 3.63) is 45.2 Å². The van der Waals surface area contributed by atoms with Crippen LogP contribution in [0.3, 0.4) is 0 Å². The molecule has 0 atom stereocenters. The molecule has 0 spiro atoms. The molecule has 2 aromatic heterocycles. The SMILES string of the molecule is O=[N+]([O-])c1ccc(/C=C/c2csnn2)nc1. The van der Waals surface area contributed by atoms with E-state index in [1.54, 1.807) is 23.6 Å². The normalized spacial score (nSPS) is 10.8. The van der Waals surface area contributed by atoms with Crippen LogP contribution in [0.2, 0.25) is 0 Å². The van der Waals surface area contributed by atoms with E-state index in [9.17, 15) is 10.1 Å². The summed E-state index contributed by atoms with van der Waals surface area (Å²) in [7, 11) is 0. The minimum atomic E-state index is -0.481. The zero-order valence-corrected chi connectivity index (χ0v) is 8.79. The Bertz CT molecular complexity index is 507. The Morgan fingerprint density at radius 3 is 2.69 bits per heavy atom. The summed E-state index contributed by atoms with van der Waals surface area (Å²) in [6.07, 6.45) is 4.69. The van der Waals surface area contributed by atoms with Crippen LogP contribution in [0, 0.1) is 10.1 Å². The summed E-state index contributed by atoms with van der Waals surface area (Å²) in [5.41, 5.74) is 1.36.